The third kappa shape index (κ3) is 4.61. The van der Waals surface area contributed by atoms with Crippen molar-refractivity contribution in [1.29, 1.82) is 0 Å². The lowest BCUT2D eigenvalue weighted by atomic mass is 9.89. The predicted molar refractivity (Wildman–Crippen MR) is 124 cm³/mol. The van der Waals surface area contributed by atoms with Crippen LogP contribution in [0.25, 0.3) is 10.9 Å². The Morgan fingerprint density at radius 2 is 1.68 bits per heavy atom. The van der Waals surface area contributed by atoms with E-state index >= 15 is 0 Å². The maximum absolute atomic E-state index is 13.1. The monoisotopic (exact) mass is 439 g/mol. The summed E-state index contributed by atoms with van der Waals surface area (Å²) in [6.45, 7) is 0.781. The van der Waals surface area contributed by atoms with E-state index in [2.05, 4.69) is 5.32 Å². The van der Waals surface area contributed by atoms with Crippen molar-refractivity contribution in [3.05, 3.63) is 60.3 Å². The van der Waals surface area contributed by atoms with E-state index in [-0.39, 0.29) is 23.1 Å². The molecule has 0 saturated heterocycles. The molecule has 1 saturated carbocycles. The third-order valence-electron chi connectivity index (χ3n) is 6.19. The average molecular weight is 440 g/mol. The lowest BCUT2D eigenvalue weighted by Crippen LogP contribution is -2.32. The number of benzene rings is 2. The molecule has 31 heavy (non-hydrogen) atoms. The molecule has 3 aromatic rings. The number of para-hydroxylation sites is 1. The molecule has 164 valence electrons. The van der Waals surface area contributed by atoms with Crippen LogP contribution in [0, 0.1) is 5.92 Å². The molecular weight excluding hydrogens is 410 g/mol. The first-order valence-corrected chi connectivity index (χ1v) is 12.6. The van der Waals surface area contributed by atoms with E-state index in [1.807, 2.05) is 24.3 Å². The van der Waals surface area contributed by atoms with Gasteiger partial charge in [0.1, 0.15) is 5.69 Å². The summed E-state index contributed by atoms with van der Waals surface area (Å²) in [4.78, 5) is 13.4. The number of nitrogens with zero attached hydrogens (tertiary/aromatic N) is 1. The molecule has 1 aliphatic rings. The van der Waals surface area contributed by atoms with E-state index < -0.39 is 9.84 Å². The van der Waals surface area contributed by atoms with Crippen LogP contribution in [-0.4, -0.2) is 31.2 Å². The van der Waals surface area contributed by atoms with Gasteiger partial charge < -0.3 is 15.6 Å². The van der Waals surface area contributed by atoms with Crippen molar-refractivity contribution in [2.75, 3.05) is 18.0 Å². The van der Waals surface area contributed by atoms with Crippen molar-refractivity contribution in [3.63, 3.8) is 0 Å². The Morgan fingerprint density at radius 3 is 2.42 bits per heavy atom. The zero-order chi connectivity index (χ0) is 21.8. The number of carbonyl (C=O) groups excluding carboxylic acids is 1. The van der Waals surface area contributed by atoms with Gasteiger partial charge in [-0.15, -0.1) is 0 Å². The van der Waals surface area contributed by atoms with Crippen LogP contribution in [0.1, 0.15) is 42.6 Å². The lowest BCUT2D eigenvalue weighted by molar-refractivity contribution is 0.0936. The second-order valence-corrected chi connectivity index (χ2v) is 10.4. The molecular formula is C24H29N3O3S. The molecule has 0 bridgehead atoms. The SMILES string of the molecule is Nc1c(C(=O)NCC2CCCCC2)n(CCS(=O)(=O)c2ccccc2)c2ccccc12. The van der Waals surface area contributed by atoms with Crippen LogP contribution in [0.3, 0.4) is 0 Å². The molecule has 2 aromatic carbocycles. The fraction of sp³-hybridized carbons (Fsp3) is 0.375. The van der Waals surface area contributed by atoms with E-state index in [1.54, 1.807) is 34.9 Å². The summed E-state index contributed by atoms with van der Waals surface area (Å²) in [6.07, 6.45) is 5.95. The molecule has 1 aromatic heterocycles. The Hall–Kier alpha value is -2.80. The molecule has 0 atom stereocenters. The molecule has 3 N–H and O–H groups in total. The minimum atomic E-state index is -3.48. The smallest absolute Gasteiger partial charge is 0.270 e. The molecule has 4 rings (SSSR count). The van der Waals surface area contributed by atoms with Gasteiger partial charge in [0.05, 0.1) is 21.9 Å². The third-order valence-corrected chi connectivity index (χ3v) is 7.90. The van der Waals surface area contributed by atoms with Crippen molar-refractivity contribution >= 4 is 32.3 Å². The van der Waals surface area contributed by atoms with E-state index in [4.69, 9.17) is 5.73 Å². The number of anilines is 1. The first kappa shape index (κ1) is 21.4. The highest BCUT2D eigenvalue weighted by atomic mass is 32.2. The lowest BCUT2D eigenvalue weighted by Gasteiger charge is -2.22. The number of nitrogens with two attached hydrogens (primary N) is 1. The van der Waals surface area contributed by atoms with E-state index in [9.17, 15) is 13.2 Å². The maximum atomic E-state index is 13.1. The number of nitrogen functional groups attached to an aromatic ring is 1. The number of amides is 1. The van der Waals surface area contributed by atoms with Gasteiger partial charge in [-0.2, -0.15) is 0 Å². The first-order chi connectivity index (χ1) is 15.0. The van der Waals surface area contributed by atoms with Crippen LogP contribution >= 0.6 is 0 Å². The van der Waals surface area contributed by atoms with Gasteiger partial charge in [0.2, 0.25) is 0 Å². The number of aryl methyl sites for hydroxylation is 1. The van der Waals surface area contributed by atoms with Crippen LogP contribution in [-0.2, 0) is 16.4 Å². The van der Waals surface area contributed by atoms with Gasteiger partial charge >= 0.3 is 0 Å². The van der Waals surface area contributed by atoms with Gasteiger partial charge in [-0.05, 0) is 37.0 Å². The van der Waals surface area contributed by atoms with Crippen molar-refractivity contribution in [3.8, 4) is 0 Å². The number of fused-ring (bicyclic) bond motifs is 1. The fourth-order valence-corrected chi connectivity index (χ4v) is 5.71. The highest BCUT2D eigenvalue weighted by Crippen LogP contribution is 2.29. The number of hydrogen-bond donors (Lipinski definition) is 2. The van der Waals surface area contributed by atoms with Gasteiger partial charge in [0.15, 0.2) is 9.84 Å². The van der Waals surface area contributed by atoms with Gasteiger partial charge in [0.25, 0.3) is 5.91 Å². The number of sulfone groups is 1. The fourth-order valence-electron chi connectivity index (χ4n) is 4.48. The predicted octanol–water partition coefficient (Wildman–Crippen LogP) is 4.01. The number of aromatic nitrogens is 1. The summed E-state index contributed by atoms with van der Waals surface area (Å²) in [5.74, 6) is 0.143. The standard InChI is InChI=1S/C24H29N3O3S/c25-22-20-13-7-8-14-21(20)27(15-16-31(29,30)19-11-5-2-6-12-19)23(22)24(28)26-17-18-9-3-1-4-10-18/h2,5-8,11-14,18H,1,3-4,9-10,15-17,25H2,(H,26,28). The zero-order valence-electron chi connectivity index (χ0n) is 17.6. The Kier molecular flexibility index (Phi) is 6.32. The zero-order valence-corrected chi connectivity index (χ0v) is 18.4. The van der Waals surface area contributed by atoms with Crippen LogP contribution in [0.15, 0.2) is 59.5 Å². The first-order valence-electron chi connectivity index (χ1n) is 10.9. The van der Waals surface area contributed by atoms with Gasteiger partial charge in [-0.1, -0.05) is 55.7 Å². The number of carbonyl (C=O) groups is 1. The number of rotatable bonds is 7. The van der Waals surface area contributed by atoms with Crippen molar-refractivity contribution < 1.29 is 13.2 Å². The Morgan fingerprint density at radius 1 is 1.00 bits per heavy atom. The Bertz CT molecular complexity index is 1160. The maximum Gasteiger partial charge on any atom is 0.270 e. The molecule has 0 spiro atoms. The number of hydrogen-bond acceptors (Lipinski definition) is 4. The van der Waals surface area contributed by atoms with Crippen LogP contribution in [0.5, 0.6) is 0 Å². The normalized spacial score (nSPS) is 15.2. The van der Waals surface area contributed by atoms with Crippen molar-refractivity contribution in [2.45, 2.75) is 43.5 Å². The van der Waals surface area contributed by atoms with E-state index in [0.29, 0.717) is 23.8 Å². The number of nitrogens with one attached hydrogen (secondary N) is 1. The minimum absolute atomic E-state index is 0.113. The second kappa shape index (κ2) is 9.14. The molecule has 0 aliphatic heterocycles. The summed E-state index contributed by atoms with van der Waals surface area (Å²) >= 11 is 0. The molecule has 1 aliphatic carbocycles. The van der Waals surface area contributed by atoms with Crippen molar-refractivity contribution in [1.82, 2.24) is 9.88 Å². The van der Waals surface area contributed by atoms with Gasteiger partial charge in [0, 0.05) is 18.5 Å². The van der Waals surface area contributed by atoms with Crippen LogP contribution in [0.2, 0.25) is 0 Å². The summed E-state index contributed by atoms with van der Waals surface area (Å²) < 4.78 is 27.4. The minimum Gasteiger partial charge on any atom is -0.396 e. The molecule has 7 heteroatoms. The Labute approximate surface area is 183 Å². The quantitative estimate of drug-likeness (QED) is 0.582. The molecule has 1 heterocycles. The summed E-state index contributed by atoms with van der Waals surface area (Å²) in [7, 11) is -3.48. The van der Waals surface area contributed by atoms with Crippen LogP contribution in [0.4, 0.5) is 5.69 Å². The molecule has 1 fully saturated rings. The van der Waals surface area contributed by atoms with Gasteiger partial charge in [-0.25, -0.2) is 8.42 Å². The molecule has 0 radical (unpaired) electrons. The summed E-state index contributed by atoms with van der Waals surface area (Å²) in [5, 5.41) is 3.82. The largest absolute Gasteiger partial charge is 0.396 e. The molecule has 6 nitrogen and oxygen atoms in total. The highest BCUT2D eigenvalue weighted by Gasteiger charge is 2.24. The molecule has 1 amide bonds. The Balaban J connectivity index is 1.60. The van der Waals surface area contributed by atoms with Gasteiger partial charge in [-0.3, -0.25) is 4.79 Å². The second-order valence-electron chi connectivity index (χ2n) is 8.28. The summed E-state index contributed by atoms with van der Waals surface area (Å²) in [5.41, 5.74) is 7.88. The summed E-state index contributed by atoms with van der Waals surface area (Å²) in [6, 6.07) is 15.9. The van der Waals surface area contributed by atoms with E-state index in [0.717, 1.165) is 23.7 Å². The van der Waals surface area contributed by atoms with Crippen molar-refractivity contribution in [2.24, 2.45) is 5.92 Å². The van der Waals surface area contributed by atoms with Crippen LogP contribution < -0.4 is 11.1 Å². The highest BCUT2D eigenvalue weighted by molar-refractivity contribution is 7.91. The molecule has 0 unspecified atom stereocenters. The topological polar surface area (TPSA) is 94.2 Å². The van der Waals surface area contributed by atoms with E-state index in [1.165, 1.54) is 19.3 Å². The average Bonchev–Trinajstić information content (AvgIpc) is 3.09.